The number of rotatable bonds is 1. The molecule has 0 amide bonds. The van der Waals surface area contributed by atoms with Crippen molar-refractivity contribution in [2.45, 2.75) is 47.0 Å². The van der Waals surface area contributed by atoms with E-state index in [9.17, 15) is 0 Å². The van der Waals surface area contributed by atoms with Gasteiger partial charge in [-0.05, 0) is 36.5 Å². The van der Waals surface area contributed by atoms with Gasteiger partial charge in [0.05, 0.1) is 0 Å². The highest BCUT2D eigenvalue weighted by atomic mass is 14.3. The average Bonchev–Trinajstić information content (AvgIpc) is 1.85. The van der Waals surface area contributed by atoms with Crippen molar-refractivity contribution in [2.24, 2.45) is 23.7 Å². The van der Waals surface area contributed by atoms with Gasteiger partial charge in [0, 0.05) is 0 Å². The fourth-order valence-electron chi connectivity index (χ4n) is 2.68. The molecule has 1 aliphatic carbocycles. The van der Waals surface area contributed by atoms with Crippen molar-refractivity contribution >= 4 is 0 Å². The summed E-state index contributed by atoms with van der Waals surface area (Å²) in [5.41, 5.74) is 0. The third-order valence-electron chi connectivity index (χ3n) is 3.35. The molecule has 0 heteroatoms. The zero-order chi connectivity index (χ0) is 8.43. The molecule has 0 nitrogen and oxygen atoms in total. The van der Waals surface area contributed by atoms with E-state index in [0.29, 0.717) is 0 Å². The van der Waals surface area contributed by atoms with Crippen LogP contribution in [-0.2, 0) is 0 Å². The van der Waals surface area contributed by atoms with Crippen LogP contribution in [0.2, 0.25) is 0 Å². The van der Waals surface area contributed by atoms with E-state index in [0.717, 1.165) is 23.7 Å². The molecule has 0 saturated heterocycles. The number of hydrogen-bond donors (Lipinski definition) is 0. The van der Waals surface area contributed by atoms with E-state index in [1.165, 1.54) is 19.3 Å². The fourth-order valence-corrected chi connectivity index (χ4v) is 2.68. The molecule has 2 unspecified atom stereocenters. The van der Waals surface area contributed by atoms with Crippen LogP contribution in [-0.4, -0.2) is 0 Å². The van der Waals surface area contributed by atoms with Gasteiger partial charge in [0.15, 0.2) is 0 Å². The summed E-state index contributed by atoms with van der Waals surface area (Å²) in [5, 5.41) is 0. The lowest BCUT2D eigenvalue weighted by molar-refractivity contribution is 0.158. The molecule has 3 atom stereocenters. The van der Waals surface area contributed by atoms with Crippen molar-refractivity contribution in [3.8, 4) is 0 Å². The van der Waals surface area contributed by atoms with E-state index < -0.39 is 0 Å². The van der Waals surface area contributed by atoms with Gasteiger partial charge in [0.2, 0.25) is 0 Å². The summed E-state index contributed by atoms with van der Waals surface area (Å²) < 4.78 is 0. The van der Waals surface area contributed by atoms with E-state index in [4.69, 9.17) is 0 Å². The second kappa shape index (κ2) is 3.60. The van der Waals surface area contributed by atoms with E-state index in [1.807, 2.05) is 0 Å². The van der Waals surface area contributed by atoms with Crippen molar-refractivity contribution in [1.29, 1.82) is 0 Å². The van der Waals surface area contributed by atoms with Gasteiger partial charge >= 0.3 is 0 Å². The minimum absolute atomic E-state index is 0.900. The highest BCUT2D eigenvalue weighted by molar-refractivity contribution is 4.77. The van der Waals surface area contributed by atoms with Crippen molar-refractivity contribution in [1.82, 2.24) is 0 Å². The molecule has 0 N–H and O–H groups in total. The predicted octanol–water partition coefficient (Wildman–Crippen LogP) is 3.71. The highest BCUT2D eigenvalue weighted by Crippen LogP contribution is 2.37. The Morgan fingerprint density at radius 1 is 1.09 bits per heavy atom. The zero-order valence-corrected chi connectivity index (χ0v) is 8.43. The van der Waals surface area contributed by atoms with Crippen LogP contribution in [0.25, 0.3) is 0 Å². The molecule has 0 aromatic carbocycles. The van der Waals surface area contributed by atoms with Gasteiger partial charge < -0.3 is 0 Å². The van der Waals surface area contributed by atoms with E-state index in [2.05, 4.69) is 27.7 Å². The topological polar surface area (TPSA) is 0 Å². The molecular formula is C11H22. The van der Waals surface area contributed by atoms with Gasteiger partial charge in [-0.3, -0.25) is 0 Å². The first kappa shape index (κ1) is 9.09. The maximum Gasteiger partial charge on any atom is -0.0365 e. The Morgan fingerprint density at radius 3 is 2.18 bits per heavy atom. The standard InChI is InChI=1S/C11H22/c1-8(2)11-6-5-9(3)7-10(11)4/h8-11H,5-7H2,1-4H3/t9?,10-,11?/m1/s1. The smallest absolute Gasteiger partial charge is 0.0365 e. The predicted molar refractivity (Wildman–Crippen MR) is 50.5 cm³/mol. The molecule has 0 aromatic heterocycles. The summed E-state index contributed by atoms with van der Waals surface area (Å²) in [6.07, 6.45) is 4.40. The minimum Gasteiger partial charge on any atom is -0.0625 e. The summed E-state index contributed by atoms with van der Waals surface area (Å²) in [6.45, 7) is 9.57. The van der Waals surface area contributed by atoms with Crippen LogP contribution in [0.4, 0.5) is 0 Å². The number of hydrogen-bond acceptors (Lipinski definition) is 0. The summed E-state index contributed by atoms with van der Waals surface area (Å²) in [5.74, 6) is 3.86. The lowest BCUT2D eigenvalue weighted by Crippen LogP contribution is -2.25. The first-order valence-corrected chi connectivity index (χ1v) is 5.11. The van der Waals surface area contributed by atoms with Crippen LogP contribution in [0.1, 0.15) is 47.0 Å². The lowest BCUT2D eigenvalue weighted by Gasteiger charge is -2.35. The molecule has 1 aliphatic rings. The van der Waals surface area contributed by atoms with E-state index >= 15 is 0 Å². The SMILES string of the molecule is CC1CCC(C(C)C)[C@H](C)C1. The third-order valence-corrected chi connectivity index (χ3v) is 3.35. The summed E-state index contributed by atoms with van der Waals surface area (Å²) in [4.78, 5) is 0. The summed E-state index contributed by atoms with van der Waals surface area (Å²) in [7, 11) is 0. The van der Waals surface area contributed by atoms with E-state index in [-0.39, 0.29) is 0 Å². The Kier molecular flexibility index (Phi) is 2.98. The van der Waals surface area contributed by atoms with Crippen LogP contribution < -0.4 is 0 Å². The Balaban J connectivity index is 2.44. The molecule has 0 radical (unpaired) electrons. The minimum atomic E-state index is 0.900. The van der Waals surface area contributed by atoms with Crippen LogP contribution >= 0.6 is 0 Å². The Hall–Kier alpha value is 0. The molecule has 0 bridgehead atoms. The quantitative estimate of drug-likeness (QED) is 0.540. The maximum atomic E-state index is 2.43. The van der Waals surface area contributed by atoms with Crippen molar-refractivity contribution in [3.05, 3.63) is 0 Å². The highest BCUT2D eigenvalue weighted by Gasteiger charge is 2.26. The van der Waals surface area contributed by atoms with Crippen molar-refractivity contribution < 1.29 is 0 Å². The molecule has 11 heavy (non-hydrogen) atoms. The normalized spacial score (nSPS) is 39.5. The van der Waals surface area contributed by atoms with Crippen molar-refractivity contribution in [3.63, 3.8) is 0 Å². The molecule has 1 rings (SSSR count). The van der Waals surface area contributed by atoms with Crippen LogP contribution in [0, 0.1) is 23.7 Å². The molecule has 0 heterocycles. The van der Waals surface area contributed by atoms with Gasteiger partial charge in [-0.25, -0.2) is 0 Å². The summed E-state index contributed by atoms with van der Waals surface area (Å²) >= 11 is 0. The van der Waals surface area contributed by atoms with Crippen LogP contribution in [0.3, 0.4) is 0 Å². The van der Waals surface area contributed by atoms with Gasteiger partial charge in [-0.2, -0.15) is 0 Å². The first-order valence-electron chi connectivity index (χ1n) is 5.11. The Morgan fingerprint density at radius 2 is 1.73 bits per heavy atom. The van der Waals surface area contributed by atoms with E-state index in [1.54, 1.807) is 0 Å². The monoisotopic (exact) mass is 154 g/mol. The Labute approximate surface area is 71.4 Å². The second-order valence-corrected chi connectivity index (χ2v) is 4.80. The fraction of sp³-hybridized carbons (Fsp3) is 1.00. The molecule has 0 aliphatic heterocycles. The van der Waals surface area contributed by atoms with Gasteiger partial charge in [0.25, 0.3) is 0 Å². The molecular weight excluding hydrogens is 132 g/mol. The lowest BCUT2D eigenvalue weighted by atomic mass is 9.71. The molecule has 1 fully saturated rings. The molecule has 0 aromatic rings. The largest absolute Gasteiger partial charge is 0.0625 e. The van der Waals surface area contributed by atoms with Gasteiger partial charge in [0.1, 0.15) is 0 Å². The molecule has 0 spiro atoms. The van der Waals surface area contributed by atoms with Crippen LogP contribution in [0.15, 0.2) is 0 Å². The van der Waals surface area contributed by atoms with Gasteiger partial charge in [-0.15, -0.1) is 0 Å². The van der Waals surface area contributed by atoms with Crippen LogP contribution in [0.5, 0.6) is 0 Å². The third kappa shape index (κ3) is 2.21. The first-order chi connectivity index (χ1) is 5.11. The molecule has 66 valence electrons. The summed E-state index contributed by atoms with van der Waals surface area (Å²) in [6, 6.07) is 0. The zero-order valence-electron chi connectivity index (χ0n) is 8.43. The Bertz CT molecular complexity index is 115. The van der Waals surface area contributed by atoms with Gasteiger partial charge in [-0.1, -0.05) is 34.1 Å². The molecule has 1 saturated carbocycles. The second-order valence-electron chi connectivity index (χ2n) is 4.80. The average molecular weight is 154 g/mol. The van der Waals surface area contributed by atoms with Crippen molar-refractivity contribution in [2.75, 3.05) is 0 Å². The maximum absolute atomic E-state index is 2.43.